The highest BCUT2D eigenvalue weighted by Gasteiger charge is 2.32. The summed E-state index contributed by atoms with van der Waals surface area (Å²) in [6.45, 7) is 6.97. The van der Waals surface area contributed by atoms with Gasteiger partial charge in [0.2, 0.25) is 0 Å². The molecule has 5 nitrogen and oxygen atoms in total. The highest BCUT2D eigenvalue weighted by molar-refractivity contribution is 6.01. The molecule has 2 aromatic rings. The summed E-state index contributed by atoms with van der Waals surface area (Å²) in [7, 11) is 1.65. The van der Waals surface area contributed by atoms with Crippen LogP contribution in [0, 0.1) is 0 Å². The Morgan fingerprint density at radius 2 is 1.93 bits per heavy atom. The zero-order chi connectivity index (χ0) is 20.1. The molecule has 0 saturated heterocycles. The quantitative estimate of drug-likeness (QED) is 0.678. The largest absolute Gasteiger partial charge is 0.493 e. The van der Waals surface area contributed by atoms with Crippen LogP contribution in [0.25, 0.3) is 0 Å². The first-order valence-electron chi connectivity index (χ1n) is 10.1. The molecule has 1 heterocycles. The number of hydrogen-bond acceptors (Lipinski definition) is 4. The summed E-state index contributed by atoms with van der Waals surface area (Å²) in [6.07, 6.45) is 2.79. The smallest absolute Gasteiger partial charge is 0.257 e. The fourth-order valence-corrected chi connectivity index (χ4v) is 3.37. The number of ether oxygens (including phenoxy) is 2. The Kier molecular flexibility index (Phi) is 6.45. The van der Waals surface area contributed by atoms with Crippen LogP contribution in [0.3, 0.4) is 0 Å². The first-order valence-corrected chi connectivity index (χ1v) is 10.1. The van der Waals surface area contributed by atoms with Crippen LogP contribution in [0.1, 0.15) is 62.1 Å². The number of para-hydroxylation sites is 1. The van der Waals surface area contributed by atoms with Crippen LogP contribution in [0.4, 0.5) is 5.69 Å². The van der Waals surface area contributed by atoms with Crippen LogP contribution in [-0.4, -0.2) is 30.6 Å². The Hall–Kier alpha value is -2.69. The van der Waals surface area contributed by atoms with Crippen molar-refractivity contribution in [2.24, 2.45) is 0 Å². The number of benzene rings is 2. The van der Waals surface area contributed by atoms with Crippen molar-refractivity contribution in [3.05, 3.63) is 53.6 Å². The van der Waals surface area contributed by atoms with Gasteiger partial charge in [0, 0.05) is 12.2 Å². The van der Waals surface area contributed by atoms with Crippen molar-refractivity contribution >= 4 is 11.6 Å². The molecular formula is C23H30N2O3. The molecule has 0 saturated carbocycles. The highest BCUT2D eigenvalue weighted by Crippen LogP contribution is 2.37. The molecule has 0 spiro atoms. The number of carbonyl (C=O) groups excluding carboxylic acids is 1. The third-order valence-corrected chi connectivity index (χ3v) is 5.18. The summed E-state index contributed by atoms with van der Waals surface area (Å²) in [5, 5.41) is 3.53. The molecule has 2 atom stereocenters. The van der Waals surface area contributed by atoms with Crippen LogP contribution in [0.5, 0.6) is 11.5 Å². The van der Waals surface area contributed by atoms with Crippen molar-refractivity contribution in [3.63, 3.8) is 0 Å². The van der Waals surface area contributed by atoms with Crippen molar-refractivity contribution in [1.29, 1.82) is 0 Å². The maximum Gasteiger partial charge on any atom is 0.257 e. The lowest BCUT2D eigenvalue weighted by Crippen LogP contribution is -2.43. The van der Waals surface area contributed by atoms with E-state index in [1.807, 2.05) is 54.3 Å². The third-order valence-electron chi connectivity index (χ3n) is 5.18. The number of rotatable bonds is 8. The summed E-state index contributed by atoms with van der Waals surface area (Å²) in [5.41, 5.74) is 2.56. The molecule has 2 unspecified atom stereocenters. The molecule has 0 aliphatic carbocycles. The monoisotopic (exact) mass is 382 g/mol. The van der Waals surface area contributed by atoms with Gasteiger partial charge in [-0.05, 0) is 49.6 Å². The van der Waals surface area contributed by atoms with Crippen LogP contribution in [0.2, 0.25) is 0 Å². The summed E-state index contributed by atoms with van der Waals surface area (Å²) in [6, 6.07) is 13.6. The first-order chi connectivity index (χ1) is 13.6. The zero-order valence-corrected chi connectivity index (χ0v) is 17.2. The Morgan fingerprint density at radius 1 is 1.14 bits per heavy atom. The molecular weight excluding hydrogens is 352 g/mol. The molecule has 0 aromatic heterocycles. The summed E-state index contributed by atoms with van der Waals surface area (Å²) in [4.78, 5) is 15.1. The van der Waals surface area contributed by atoms with E-state index in [9.17, 15) is 4.79 Å². The molecule has 0 bridgehead atoms. The zero-order valence-electron chi connectivity index (χ0n) is 17.2. The number of methoxy groups -OCH3 is 1. The van der Waals surface area contributed by atoms with Gasteiger partial charge in [0.1, 0.15) is 6.17 Å². The van der Waals surface area contributed by atoms with Gasteiger partial charge >= 0.3 is 0 Å². The van der Waals surface area contributed by atoms with Gasteiger partial charge < -0.3 is 19.7 Å². The SMILES string of the molecule is CCCCN1C(=O)c2ccccc2NC1c1ccc(OC(C)CC)c(OC)c1. The normalized spacial score (nSPS) is 16.9. The molecule has 0 fully saturated rings. The van der Waals surface area contributed by atoms with E-state index in [4.69, 9.17) is 9.47 Å². The van der Waals surface area contributed by atoms with E-state index in [2.05, 4.69) is 19.2 Å². The Bertz CT molecular complexity index is 821. The molecule has 1 N–H and O–H groups in total. The lowest BCUT2D eigenvalue weighted by molar-refractivity contribution is 0.0680. The molecule has 150 valence electrons. The Balaban J connectivity index is 1.96. The molecule has 5 heteroatoms. The van der Waals surface area contributed by atoms with Gasteiger partial charge in [-0.1, -0.05) is 38.5 Å². The minimum absolute atomic E-state index is 0.0618. The average Bonchev–Trinajstić information content (AvgIpc) is 2.73. The maximum absolute atomic E-state index is 13.1. The third kappa shape index (κ3) is 4.08. The maximum atomic E-state index is 13.1. The number of carbonyl (C=O) groups is 1. The fraction of sp³-hybridized carbons (Fsp3) is 0.435. The number of anilines is 1. The van der Waals surface area contributed by atoms with Gasteiger partial charge in [-0.2, -0.15) is 0 Å². The van der Waals surface area contributed by atoms with Crippen molar-refractivity contribution in [2.45, 2.75) is 52.3 Å². The molecule has 2 aromatic carbocycles. The van der Waals surface area contributed by atoms with Crippen molar-refractivity contribution in [3.8, 4) is 11.5 Å². The molecule has 1 aliphatic rings. The standard InChI is InChI=1S/C23H30N2O3/c1-5-7-14-25-22(24-19-11-9-8-10-18(19)23(25)26)17-12-13-20(21(15-17)27-4)28-16(3)6-2/h8-13,15-16,22,24H,5-7,14H2,1-4H3. The van der Waals surface area contributed by atoms with Crippen LogP contribution in [0.15, 0.2) is 42.5 Å². The minimum atomic E-state index is -0.236. The van der Waals surface area contributed by atoms with E-state index in [-0.39, 0.29) is 18.2 Å². The van der Waals surface area contributed by atoms with E-state index in [1.165, 1.54) is 0 Å². The van der Waals surface area contributed by atoms with Gasteiger partial charge in [0.25, 0.3) is 5.91 Å². The number of fused-ring (bicyclic) bond motifs is 1. The fourth-order valence-electron chi connectivity index (χ4n) is 3.37. The van der Waals surface area contributed by atoms with Gasteiger partial charge in [-0.25, -0.2) is 0 Å². The van der Waals surface area contributed by atoms with Crippen LogP contribution < -0.4 is 14.8 Å². The Morgan fingerprint density at radius 3 is 2.64 bits per heavy atom. The minimum Gasteiger partial charge on any atom is -0.493 e. The summed E-state index contributed by atoms with van der Waals surface area (Å²) < 4.78 is 11.5. The number of amides is 1. The lowest BCUT2D eigenvalue weighted by Gasteiger charge is -2.38. The van der Waals surface area contributed by atoms with E-state index >= 15 is 0 Å². The highest BCUT2D eigenvalue weighted by atomic mass is 16.5. The number of nitrogens with zero attached hydrogens (tertiary/aromatic N) is 1. The molecule has 3 rings (SSSR count). The van der Waals surface area contributed by atoms with Crippen molar-refractivity contribution in [2.75, 3.05) is 19.0 Å². The molecule has 1 amide bonds. The number of hydrogen-bond donors (Lipinski definition) is 1. The van der Waals surface area contributed by atoms with Gasteiger partial charge in [0.15, 0.2) is 11.5 Å². The Labute approximate surface area is 167 Å². The van der Waals surface area contributed by atoms with E-state index in [0.717, 1.165) is 41.8 Å². The second-order valence-corrected chi connectivity index (χ2v) is 7.19. The van der Waals surface area contributed by atoms with Crippen molar-refractivity contribution < 1.29 is 14.3 Å². The summed E-state index contributed by atoms with van der Waals surface area (Å²) >= 11 is 0. The molecule has 0 radical (unpaired) electrons. The predicted molar refractivity (Wildman–Crippen MR) is 112 cm³/mol. The van der Waals surface area contributed by atoms with Gasteiger partial charge in [-0.15, -0.1) is 0 Å². The van der Waals surface area contributed by atoms with Gasteiger partial charge in [-0.3, -0.25) is 4.79 Å². The van der Waals surface area contributed by atoms with Crippen molar-refractivity contribution in [1.82, 2.24) is 4.90 Å². The average molecular weight is 383 g/mol. The predicted octanol–water partition coefficient (Wildman–Crippen LogP) is 5.24. The van der Waals surface area contributed by atoms with E-state index in [1.54, 1.807) is 7.11 Å². The number of unbranched alkanes of at least 4 members (excludes halogenated alkanes) is 1. The van der Waals surface area contributed by atoms with Crippen LogP contribution in [-0.2, 0) is 0 Å². The lowest BCUT2D eigenvalue weighted by atomic mass is 10.0. The van der Waals surface area contributed by atoms with E-state index < -0.39 is 0 Å². The van der Waals surface area contributed by atoms with Crippen LogP contribution >= 0.6 is 0 Å². The van der Waals surface area contributed by atoms with Gasteiger partial charge in [0.05, 0.1) is 18.8 Å². The molecule has 28 heavy (non-hydrogen) atoms. The second-order valence-electron chi connectivity index (χ2n) is 7.19. The summed E-state index contributed by atoms with van der Waals surface area (Å²) in [5.74, 6) is 1.47. The second kappa shape index (κ2) is 9.00. The first kappa shape index (κ1) is 20.1. The topological polar surface area (TPSA) is 50.8 Å². The number of nitrogens with one attached hydrogen (secondary N) is 1. The van der Waals surface area contributed by atoms with E-state index in [0.29, 0.717) is 12.3 Å². The molecule has 1 aliphatic heterocycles.